The Balaban J connectivity index is 1.91. The summed E-state index contributed by atoms with van der Waals surface area (Å²) in [6.07, 6.45) is 11.9. The highest BCUT2D eigenvalue weighted by molar-refractivity contribution is 8.13. The molecule has 154 valence electrons. The van der Waals surface area contributed by atoms with Crippen LogP contribution in [0.2, 0.25) is 0 Å². The molecule has 2 heterocycles. The monoisotopic (exact) mass is 396 g/mol. The van der Waals surface area contributed by atoms with E-state index in [0.717, 1.165) is 30.3 Å². The lowest BCUT2D eigenvalue weighted by Gasteiger charge is -2.36. The van der Waals surface area contributed by atoms with Gasteiger partial charge in [-0.05, 0) is 12.8 Å². The van der Waals surface area contributed by atoms with E-state index in [4.69, 9.17) is 4.99 Å². The Hall–Kier alpha value is -1.24. The second-order valence-electron chi connectivity index (χ2n) is 7.55. The molecular formula is C20H36N4O2S. The third-order valence-corrected chi connectivity index (χ3v) is 6.40. The minimum absolute atomic E-state index is 0.209. The second-order valence-corrected chi connectivity index (χ2v) is 8.61. The summed E-state index contributed by atoms with van der Waals surface area (Å²) in [7, 11) is 1.72. The van der Waals surface area contributed by atoms with Crippen molar-refractivity contribution in [3.8, 4) is 0 Å². The molecule has 0 radical (unpaired) electrons. The molecule has 1 saturated heterocycles. The SMILES string of the molecule is CCCCCCCCCN1C(SCCCCC)=NC2C1C(=O)NC(=O)N2C. The Labute approximate surface area is 168 Å². The number of imide groups is 1. The molecule has 3 amide bonds. The third-order valence-electron chi connectivity index (χ3n) is 5.30. The quantitative estimate of drug-likeness (QED) is 0.502. The first-order chi connectivity index (χ1) is 13.1. The van der Waals surface area contributed by atoms with Crippen molar-refractivity contribution < 1.29 is 9.59 Å². The van der Waals surface area contributed by atoms with Crippen molar-refractivity contribution in [1.29, 1.82) is 0 Å². The Morgan fingerprint density at radius 2 is 1.59 bits per heavy atom. The van der Waals surface area contributed by atoms with E-state index in [1.165, 1.54) is 51.4 Å². The first-order valence-corrected chi connectivity index (χ1v) is 11.6. The largest absolute Gasteiger partial charge is 0.336 e. The third kappa shape index (κ3) is 6.13. The molecule has 27 heavy (non-hydrogen) atoms. The van der Waals surface area contributed by atoms with Gasteiger partial charge in [-0.15, -0.1) is 0 Å². The fraction of sp³-hybridized carbons (Fsp3) is 0.850. The maximum absolute atomic E-state index is 12.5. The number of hydrogen-bond donors (Lipinski definition) is 1. The number of amidine groups is 1. The van der Waals surface area contributed by atoms with Crippen molar-refractivity contribution in [1.82, 2.24) is 15.1 Å². The summed E-state index contributed by atoms with van der Waals surface area (Å²) in [5.74, 6) is 0.804. The molecule has 6 nitrogen and oxygen atoms in total. The molecule has 1 N–H and O–H groups in total. The number of likely N-dealkylation sites (N-methyl/N-ethyl adjacent to an activating group) is 1. The fourth-order valence-electron chi connectivity index (χ4n) is 3.61. The molecule has 0 aliphatic carbocycles. The summed E-state index contributed by atoms with van der Waals surface area (Å²) < 4.78 is 0. The van der Waals surface area contributed by atoms with E-state index in [9.17, 15) is 9.59 Å². The number of thioether (sulfide) groups is 1. The first-order valence-electron chi connectivity index (χ1n) is 10.6. The van der Waals surface area contributed by atoms with Crippen molar-refractivity contribution >= 4 is 28.9 Å². The summed E-state index contributed by atoms with van der Waals surface area (Å²) in [5.41, 5.74) is 0. The Bertz CT molecular complexity index is 526. The molecule has 0 bridgehead atoms. The van der Waals surface area contributed by atoms with E-state index in [1.807, 2.05) is 0 Å². The number of unbranched alkanes of at least 4 members (excludes halogenated alkanes) is 8. The topological polar surface area (TPSA) is 65.0 Å². The van der Waals surface area contributed by atoms with Crippen LogP contribution in [0.3, 0.4) is 0 Å². The number of nitrogens with zero attached hydrogens (tertiary/aromatic N) is 3. The van der Waals surface area contributed by atoms with Gasteiger partial charge in [-0.2, -0.15) is 0 Å². The van der Waals surface area contributed by atoms with Crippen molar-refractivity contribution in [2.75, 3.05) is 19.3 Å². The van der Waals surface area contributed by atoms with Crippen LogP contribution in [-0.4, -0.2) is 58.5 Å². The van der Waals surface area contributed by atoms with E-state index >= 15 is 0 Å². The Morgan fingerprint density at radius 3 is 2.30 bits per heavy atom. The second kappa shape index (κ2) is 11.6. The smallest absolute Gasteiger partial charge is 0.325 e. The highest BCUT2D eigenvalue weighted by Crippen LogP contribution is 2.29. The highest BCUT2D eigenvalue weighted by atomic mass is 32.2. The molecule has 2 rings (SSSR count). The van der Waals surface area contributed by atoms with Gasteiger partial charge in [0.25, 0.3) is 5.91 Å². The minimum atomic E-state index is -0.385. The number of carbonyl (C=O) groups is 2. The van der Waals surface area contributed by atoms with Gasteiger partial charge in [-0.3, -0.25) is 10.1 Å². The highest BCUT2D eigenvalue weighted by Gasteiger charge is 2.48. The molecule has 0 saturated carbocycles. The molecular weight excluding hydrogens is 360 g/mol. The summed E-state index contributed by atoms with van der Waals surface area (Å²) in [4.78, 5) is 32.9. The van der Waals surface area contributed by atoms with Gasteiger partial charge in [-0.1, -0.05) is 77.0 Å². The first kappa shape index (κ1) is 22.1. The maximum Gasteiger partial charge on any atom is 0.325 e. The van der Waals surface area contributed by atoms with E-state index in [1.54, 1.807) is 23.7 Å². The van der Waals surface area contributed by atoms with Gasteiger partial charge in [0.1, 0.15) is 0 Å². The number of rotatable bonds is 12. The molecule has 2 aliphatic heterocycles. The van der Waals surface area contributed by atoms with Gasteiger partial charge in [-0.25, -0.2) is 9.79 Å². The van der Waals surface area contributed by atoms with Gasteiger partial charge in [0.2, 0.25) is 0 Å². The molecule has 2 aliphatic rings. The van der Waals surface area contributed by atoms with Crippen LogP contribution in [-0.2, 0) is 4.79 Å². The summed E-state index contributed by atoms with van der Waals surface area (Å²) in [5, 5.41) is 3.41. The van der Waals surface area contributed by atoms with Crippen molar-refractivity contribution in [3.63, 3.8) is 0 Å². The zero-order valence-corrected chi connectivity index (χ0v) is 18.0. The number of carbonyl (C=O) groups excluding carboxylic acids is 2. The van der Waals surface area contributed by atoms with Crippen LogP contribution < -0.4 is 5.32 Å². The maximum atomic E-state index is 12.5. The molecule has 0 aromatic rings. The zero-order chi connectivity index (χ0) is 19.6. The number of amides is 3. The average molecular weight is 397 g/mol. The van der Waals surface area contributed by atoms with E-state index in [0.29, 0.717) is 0 Å². The lowest BCUT2D eigenvalue weighted by Crippen LogP contribution is -2.63. The predicted molar refractivity (Wildman–Crippen MR) is 113 cm³/mol. The zero-order valence-electron chi connectivity index (χ0n) is 17.2. The van der Waals surface area contributed by atoms with Crippen LogP contribution in [0.25, 0.3) is 0 Å². The van der Waals surface area contributed by atoms with Gasteiger partial charge in [0.15, 0.2) is 17.4 Å². The van der Waals surface area contributed by atoms with E-state index < -0.39 is 0 Å². The molecule has 0 aromatic carbocycles. The standard InChI is InChI=1S/C20H36N4O2S/c1-4-6-8-9-10-11-12-14-24-16-17(23(3)19(26)22-18(16)25)21-20(24)27-15-13-7-5-2/h16-17H,4-15H2,1-3H3,(H,22,25,26). The molecule has 0 spiro atoms. The molecule has 2 atom stereocenters. The molecule has 0 aromatic heterocycles. The number of nitrogens with one attached hydrogen (secondary N) is 1. The van der Waals surface area contributed by atoms with Crippen molar-refractivity contribution in [2.45, 2.75) is 90.3 Å². The van der Waals surface area contributed by atoms with Crippen LogP contribution in [0.5, 0.6) is 0 Å². The Morgan fingerprint density at radius 1 is 0.963 bits per heavy atom. The number of fused-ring (bicyclic) bond motifs is 1. The van der Waals surface area contributed by atoms with Gasteiger partial charge in [0, 0.05) is 19.3 Å². The van der Waals surface area contributed by atoms with Gasteiger partial charge < -0.3 is 9.80 Å². The molecule has 2 unspecified atom stereocenters. The summed E-state index contributed by atoms with van der Waals surface area (Å²) in [6.45, 7) is 5.27. The average Bonchev–Trinajstić information content (AvgIpc) is 3.02. The fourth-order valence-corrected chi connectivity index (χ4v) is 4.69. The van der Waals surface area contributed by atoms with E-state index in [-0.39, 0.29) is 24.1 Å². The predicted octanol–water partition coefficient (Wildman–Crippen LogP) is 4.21. The van der Waals surface area contributed by atoms with Crippen LogP contribution >= 0.6 is 11.8 Å². The van der Waals surface area contributed by atoms with Gasteiger partial charge >= 0.3 is 6.03 Å². The summed E-state index contributed by atoms with van der Waals surface area (Å²) in [6, 6.07) is -0.723. The lowest BCUT2D eigenvalue weighted by atomic mass is 10.1. The van der Waals surface area contributed by atoms with E-state index in [2.05, 4.69) is 24.1 Å². The lowest BCUT2D eigenvalue weighted by molar-refractivity contribution is -0.127. The van der Waals surface area contributed by atoms with Crippen LogP contribution in [0.15, 0.2) is 4.99 Å². The number of hydrogen-bond acceptors (Lipinski definition) is 5. The van der Waals surface area contributed by atoms with Crippen LogP contribution in [0, 0.1) is 0 Å². The van der Waals surface area contributed by atoms with Crippen LogP contribution in [0.1, 0.15) is 78.1 Å². The van der Waals surface area contributed by atoms with Crippen LogP contribution in [0.4, 0.5) is 4.79 Å². The molecule has 7 heteroatoms. The van der Waals surface area contributed by atoms with Crippen molar-refractivity contribution in [2.24, 2.45) is 4.99 Å². The van der Waals surface area contributed by atoms with Gasteiger partial charge in [0.05, 0.1) is 0 Å². The number of urea groups is 1. The Kier molecular flexibility index (Phi) is 9.45. The normalized spacial score (nSPS) is 22.1. The van der Waals surface area contributed by atoms with Crippen molar-refractivity contribution in [3.05, 3.63) is 0 Å². The number of aliphatic imine (C=N–C) groups is 1. The molecule has 1 fully saturated rings. The minimum Gasteiger partial charge on any atom is -0.336 e. The summed E-state index contributed by atoms with van der Waals surface area (Å²) >= 11 is 1.74.